The quantitative estimate of drug-likeness (QED) is 0.307. The molecule has 0 saturated carbocycles. The van der Waals surface area contributed by atoms with Gasteiger partial charge in [-0.25, -0.2) is 4.98 Å². The van der Waals surface area contributed by atoms with Gasteiger partial charge in [-0.05, 0) is 60.5 Å². The number of likely N-dealkylation sites (tertiary alicyclic amines) is 2. The molecule has 234 valence electrons. The van der Waals surface area contributed by atoms with E-state index in [9.17, 15) is 22.8 Å². The minimum absolute atomic E-state index is 0.0543. The van der Waals surface area contributed by atoms with Crippen molar-refractivity contribution in [3.8, 4) is 5.75 Å². The first kappa shape index (κ1) is 29.1. The highest BCUT2D eigenvalue weighted by Crippen LogP contribution is 2.34. The van der Waals surface area contributed by atoms with E-state index in [0.717, 1.165) is 42.9 Å². The van der Waals surface area contributed by atoms with Crippen molar-refractivity contribution in [2.75, 3.05) is 31.1 Å². The van der Waals surface area contributed by atoms with Crippen molar-refractivity contribution in [1.82, 2.24) is 14.8 Å². The van der Waals surface area contributed by atoms with Crippen molar-refractivity contribution in [1.29, 1.82) is 0 Å². The van der Waals surface area contributed by atoms with Crippen LogP contribution >= 0.6 is 0 Å². The molecule has 12 heteroatoms. The number of carbonyl (C=O) groups excluding carboxylic acids is 2. The van der Waals surface area contributed by atoms with Crippen LogP contribution in [-0.2, 0) is 12.7 Å². The van der Waals surface area contributed by atoms with Crippen molar-refractivity contribution in [2.24, 2.45) is 5.73 Å². The van der Waals surface area contributed by atoms with Gasteiger partial charge >= 0.3 is 12.1 Å². The lowest BCUT2D eigenvalue weighted by molar-refractivity contribution is -0.137. The predicted molar refractivity (Wildman–Crippen MR) is 160 cm³/mol. The maximum atomic E-state index is 13.4. The van der Waals surface area contributed by atoms with Gasteiger partial charge in [-0.15, -0.1) is 0 Å². The number of carbonyl (C=O) groups is 2. The number of rotatable bonds is 7. The zero-order valence-corrected chi connectivity index (χ0v) is 24.4. The molecule has 2 bridgehead atoms. The Hall–Kier alpha value is -4.58. The minimum atomic E-state index is -4.35. The molecule has 3 aliphatic rings. The number of alkyl halides is 3. The van der Waals surface area contributed by atoms with Crippen LogP contribution in [0.1, 0.15) is 51.4 Å². The molecular weight excluding hydrogens is 587 g/mol. The van der Waals surface area contributed by atoms with Crippen LogP contribution in [0.5, 0.6) is 5.75 Å². The third kappa shape index (κ3) is 5.94. The number of amides is 2. The molecule has 0 aliphatic carbocycles. The number of hydrogen-bond acceptors (Lipinski definition) is 7. The SMILES string of the molecule is NC(=O)c1ccc(CN2CC3CC2CN3C(=O)c2nc3ccc(OC4CCN(c5ccc(C(F)(F)F)cc5)CC4)cc3o2)cc1. The molecule has 3 saturated heterocycles. The normalized spacial score (nSPS) is 20.7. The summed E-state index contributed by atoms with van der Waals surface area (Å²) < 4.78 is 50.8. The Morgan fingerprint density at radius 3 is 2.33 bits per heavy atom. The van der Waals surface area contributed by atoms with Crippen molar-refractivity contribution in [2.45, 2.75) is 50.2 Å². The number of nitrogens with zero attached hydrogens (tertiary/aromatic N) is 4. The van der Waals surface area contributed by atoms with Crippen LogP contribution in [0.3, 0.4) is 0 Å². The van der Waals surface area contributed by atoms with Gasteiger partial charge in [0.25, 0.3) is 5.89 Å². The average Bonchev–Trinajstić information content (AvgIpc) is 3.75. The molecule has 2 amide bonds. The van der Waals surface area contributed by atoms with E-state index in [0.29, 0.717) is 54.9 Å². The first-order valence-corrected chi connectivity index (χ1v) is 15.0. The summed E-state index contributed by atoms with van der Waals surface area (Å²) in [6.07, 6.45) is -2.08. The fraction of sp³-hybridized carbons (Fsp3) is 0.364. The summed E-state index contributed by atoms with van der Waals surface area (Å²) in [5.74, 6) is 0.0116. The molecule has 2 unspecified atom stereocenters. The molecule has 2 atom stereocenters. The summed E-state index contributed by atoms with van der Waals surface area (Å²) in [7, 11) is 0. The Balaban J connectivity index is 0.934. The van der Waals surface area contributed by atoms with E-state index in [1.54, 1.807) is 24.3 Å². The van der Waals surface area contributed by atoms with Gasteiger partial charge in [0.05, 0.1) is 5.56 Å². The van der Waals surface area contributed by atoms with Crippen LogP contribution in [0.15, 0.2) is 71.1 Å². The average molecular weight is 620 g/mol. The van der Waals surface area contributed by atoms with E-state index in [4.69, 9.17) is 14.9 Å². The second-order valence-corrected chi connectivity index (χ2v) is 12.0. The zero-order valence-electron chi connectivity index (χ0n) is 24.4. The lowest BCUT2D eigenvalue weighted by Crippen LogP contribution is -2.48. The molecule has 0 spiro atoms. The van der Waals surface area contributed by atoms with E-state index < -0.39 is 17.6 Å². The summed E-state index contributed by atoms with van der Waals surface area (Å²) in [6, 6.07) is 18.2. The monoisotopic (exact) mass is 619 g/mol. The van der Waals surface area contributed by atoms with Gasteiger partial charge in [-0.1, -0.05) is 12.1 Å². The number of piperidine rings is 1. The van der Waals surface area contributed by atoms with E-state index in [-0.39, 0.29) is 30.0 Å². The molecule has 1 aromatic heterocycles. The molecule has 3 aliphatic heterocycles. The lowest BCUT2D eigenvalue weighted by Gasteiger charge is -2.33. The van der Waals surface area contributed by atoms with Crippen molar-refractivity contribution in [3.05, 3.63) is 89.3 Å². The molecule has 2 N–H and O–H groups in total. The van der Waals surface area contributed by atoms with Gasteiger partial charge in [0.1, 0.15) is 17.4 Å². The summed E-state index contributed by atoms with van der Waals surface area (Å²) in [6.45, 7) is 3.42. The Bertz CT molecular complexity index is 1720. The van der Waals surface area contributed by atoms with Crippen LogP contribution in [-0.4, -0.2) is 71.0 Å². The molecule has 3 aromatic carbocycles. The number of oxazole rings is 1. The van der Waals surface area contributed by atoms with Crippen LogP contribution in [0.25, 0.3) is 11.1 Å². The Labute approximate surface area is 257 Å². The number of nitrogens with two attached hydrogens (primary N) is 1. The number of piperazine rings is 1. The third-order valence-corrected chi connectivity index (χ3v) is 9.09. The number of halogens is 3. The van der Waals surface area contributed by atoms with E-state index in [1.165, 1.54) is 12.1 Å². The van der Waals surface area contributed by atoms with Crippen molar-refractivity contribution in [3.63, 3.8) is 0 Å². The Morgan fingerprint density at radius 1 is 0.956 bits per heavy atom. The number of fused-ring (bicyclic) bond motifs is 3. The first-order valence-electron chi connectivity index (χ1n) is 15.0. The second-order valence-electron chi connectivity index (χ2n) is 12.0. The summed E-state index contributed by atoms with van der Waals surface area (Å²) in [4.78, 5) is 35.5. The fourth-order valence-corrected chi connectivity index (χ4v) is 6.68. The molecule has 3 fully saturated rings. The standard InChI is InChI=1S/C33H32F3N5O4/c34-33(35,36)22-5-7-23(8-6-22)39-13-11-26(12-14-39)44-27-9-10-28-29(16-27)45-31(38-28)32(43)41-19-24-15-25(41)18-40(24)17-20-1-3-21(4-2-20)30(37)42/h1-10,16,24-26H,11-15,17-19H2,(H2,37,42). The summed E-state index contributed by atoms with van der Waals surface area (Å²) in [5, 5.41) is 0. The smallest absolute Gasteiger partial charge is 0.416 e. The van der Waals surface area contributed by atoms with Crippen LogP contribution < -0.4 is 15.4 Å². The van der Waals surface area contributed by atoms with Gasteiger partial charge in [-0.3, -0.25) is 14.5 Å². The molecule has 4 heterocycles. The predicted octanol–water partition coefficient (Wildman–Crippen LogP) is 5.09. The molecule has 4 aromatic rings. The second kappa shape index (κ2) is 11.4. The van der Waals surface area contributed by atoms with E-state index in [1.807, 2.05) is 23.1 Å². The van der Waals surface area contributed by atoms with Gasteiger partial charge in [0.15, 0.2) is 5.58 Å². The van der Waals surface area contributed by atoms with Crippen molar-refractivity contribution < 1.29 is 31.9 Å². The molecule has 45 heavy (non-hydrogen) atoms. The van der Waals surface area contributed by atoms with E-state index in [2.05, 4.69) is 14.8 Å². The highest BCUT2D eigenvalue weighted by Gasteiger charge is 2.46. The molecule has 7 rings (SSSR count). The highest BCUT2D eigenvalue weighted by atomic mass is 19.4. The van der Waals surface area contributed by atoms with Gasteiger partial charge < -0.3 is 24.7 Å². The molecular formula is C33H32F3N5O4. The summed E-state index contributed by atoms with van der Waals surface area (Å²) in [5.41, 5.74) is 8.07. The maximum absolute atomic E-state index is 13.4. The fourth-order valence-electron chi connectivity index (χ4n) is 6.68. The lowest BCUT2D eigenvalue weighted by atomic mass is 10.1. The Kier molecular flexibility index (Phi) is 7.39. The number of ether oxygens (including phenoxy) is 1. The van der Waals surface area contributed by atoms with Crippen LogP contribution in [0.2, 0.25) is 0 Å². The number of primary amides is 1. The Morgan fingerprint density at radius 2 is 1.69 bits per heavy atom. The number of anilines is 1. The zero-order chi connectivity index (χ0) is 31.3. The number of aromatic nitrogens is 1. The van der Waals surface area contributed by atoms with Crippen molar-refractivity contribution >= 4 is 28.6 Å². The van der Waals surface area contributed by atoms with Crippen LogP contribution in [0, 0.1) is 0 Å². The first-order chi connectivity index (χ1) is 21.6. The topological polar surface area (TPSA) is 105 Å². The van der Waals surface area contributed by atoms with E-state index >= 15 is 0 Å². The van der Waals surface area contributed by atoms with Crippen LogP contribution in [0.4, 0.5) is 18.9 Å². The minimum Gasteiger partial charge on any atom is -0.490 e. The summed E-state index contributed by atoms with van der Waals surface area (Å²) >= 11 is 0. The number of hydrogen-bond donors (Lipinski definition) is 1. The largest absolute Gasteiger partial charge is 0.490 e. The highest BCUT2D eigenvalue weighted by molar-refractivity contribution is 5.93. The third-order valence-electron chi connectivity index (χ3n) is 9.09. The van der Waals surface area contributed by atoms with Gasteiger partial charge in [0, 0.05) is 75.0 Å². The maximum Gasteiger partial charge on any atom is 0.416 e. The molecule has 9 nitrogen and oxygen atoms in total. The van der Waals surface area contributed by atoms with Gasteiger partial charge in [0.2, 0.25) is 5.91 Å². The van der Waals surface area contributed by atoms with Gasteiger partial charge in [-0.2, -0.15) is 13.2 Å². The molecule has 0 radical (unpaired) electrons. The number of benzene rings is 3.